The van der Waals surface area contributed by atoms with Crippen LogP contribution in [0.25, 0.3) is 0 Å². The number of fused-ring (bicyclic) bond motifs is 2. The molecule has 0 aromatic heterocycles. The zero-order chi connectivity index (χ0) is 12.7. The molecule has 0 spiro atoms. The predicted molar refractivity (Wildman–Crippen MR) is 80.9 cm³/mol. The van der Waals surface area contributed by atoms with Gasteiger partial charge in [0, 0.05) is 20.7 Å². The number of halogens is 3. The van der Waals surface area contributed by atoms with Crippen molar-refractivity contribution in [1.29, 1.82) is 0 Å². The van der Waals surface area contributed by atoms with Crippen LogP contribution < -0.4 is 5.32 Å². The summed E-state index contributed by atoms with van der Waals surface area (Å²) >= 11 is 15.6. The summed E-state index contributed by atoms with van der Waals surface area (Å²) in [5, 5.41) is 4.39. The third kappa shape index (κ3) is 2.14. The zero-order valence-electron chi connectivity index (χ0n) is 9.05. The van der Waals surface area contributed by atoms with Crippen LogP contribution in [0.4, 0.5) is 17.1 Å². The van der Waals surface area contributed by atoms with E-state index in [1.165, 1.54) is 0 Å². The quantitative estimate of drug-likeness (QED) is 0.674. The lowest BCUT2D eigenvalue weighted by molar-refractivity contribution is 1.51. The van der Waals surface area contributed by atoms with E-state index in [-0.39, 0.29) is 0 Å². The average Bonchev–Trinajstić information content (AvgIpc) is 2.46. The van der Waals surface area contributed by atoms with E-state index in [1.54, 1.807) is 6.07 Å². The van der Waals surface area contributed by atoms with Gasteiger partial charge >= 0.3 is 0 Å². The first-order valence-corrected chi connectivity index (χ1v) is 6.79. The Morgan fingerprint density at radius 2 is 1.78 bits per heavy atom. The Morgan fingerprint density at radius 1 is 1.00 bits per heavy atom. The van der Waals surface area contributed by atoms with Crippen molar-refractivity contribution in [1.82, 2.24) is 0 Å². The van der Waals surface area contributed by atoms with Crippen LogP contribution in [0.3, 0.4) is 0 Å². The lowest BCUT2D eigenvalue weighted by Gasteiger charge is -2.09. The summed E-state index contributed by atoms with van der Waals surface area (Å²) in [6.07, 6.45) is 0. The van der Waals surface area contributed by atoms with Crippen LogP contribution in [0.2, 0.25) is 5.02 Å². The van der Waals surface area contributed by atoms with Crippen LogP contribution >= 0.6 is 39.1 Å². The smallest absolute Gasteiger partial charge is 0.139 e. The van der Waals surface area contributed by atoms with Crippen molar-refractivity contribution in [3.8, 4) is 0 Å². The molecular weight excluding hydrogens is 335 g/mol. The number of nitrogens with zero attached hydrogens (tertiary/aromatic N) is 1. The van der Waals surface area contributed by atoms with Gasteiger partial charge < -0.3 is 5.32 Å². The molecule has 1 aliphatic rings. The molecule has 90 valence electrons. The van der Waals surface area contributed by atoms with Crippen LogP contribution in [0.15, 0.2) is 45.9 Å². The largest absolute Gasteiger partial charge is 0.353 e. The Morgan fingerprint density at radius 3 is 2.61 bits per heavy atom. The van der Waals surface area contributed by atoms with Gasteiger partial charge in [0.25, 0.3) is 0 Å². The second kappa shape index (κ2) is 4.57. The van der Waals surface area contributed by atoms with Crippen molar-refractivity contribution in [3.05, 3.63) is 51.5 Å². The number of nitrogens with one attached hydrogen (secondary N) is 1. The molecule has 1 heterocycles. The molecule has 0 aliphatic carbocycles. The molecule has 2 aromatic rings. The van der Waals surface area contributed by atoms with Gasteiger partial charge in [-0.25, -0.2) is 4.99 Å². The second-order valence-corrected chi connectivity index (χ2v) is 5.59. The van der Waals surface area contributed by atoms with Gasteiger partial charge in [0.1, 0.15) is 5.17 Å². The molecule has 0 unspecified atom stereocenters. The van der Waals surface area contributed by atoms with Crippen molar-refractivity contribution in [2.45, 2.75) is 0 Å². The Bertz CT molecular complexity index is 668. The molecule has 18 heavy (non-hydrogen) atoms. The maximum atomic E-state index is 6.25. The summed E-state index contributed by atoms with van der Waals surface area (Å²) in [5.74, 6) is 0. The van der Waals surface area contributed by atoms with Crippen LogP contribution in [-0.2, 0) is 0 Å². The number of rotatable bonds is 0. The minimum absolute atomic E-state index is 0.444. The minimum Gasteiger partial charge on any atom is -0.353 e. The molecule has 1 N–H and O–H groups in total. The number of benzene rings is 2. The molecule has 0 saturated carbocycles. The summed E-state index contributed by atoms with van der Waals surface area (Å²) in [6, 6.07) is 11.3. The fourth-order valence-corrected chi connectivity index (χ4v) is 2.59. The third-order valence-corrected chi connectivity index (χ3v) is 3.67. The van der Waals surface area contributed by atoms with Gasteiger partial charge in [0.2, 0.25) is 0 Å². The first-order chi connectivity index (χ1) is 8.63. The van der Waals surface area contributed by atoms with Gasteiger partial charge in [-0.05, 0) is 36.4 Å². The molecule has 2 nitrogen and oxygen atoms in total. The van der Waals surface area contributed by atoms with Crippen molar-refractivity contribution in [3.63, 3.8) is 0 Å². The second-order valence-electron chi connectivity index (χ2n) is 3.88. The van der Waals surface area contributed by atoms with E-state index in [9.17, 15) is 0 Å². The highest BCUT2D eigenvalue weighted by molar-refractivity contribution is 9.10. The standard InChI is InChI=1S/C13H7BrCl2N2/c14-7-1-3-10-9(5-7)13(16)18-12-6-8(15)2-4-11(12)17-10/h1-6,17H. The van der Waals surface area contributed by atoms with Crippen LogP contribution in [-0.4, -0.2) is 5.17 Å². The monoisotopic (exact) mass is 340 g/mol. The third-order valence-electron chi connectivity index (χ3n) is 2.65. The topological polar surface area (TPSA) is 24.4 Å². The molecule has 2 aromatic carbocycles. The fourth-order valence-electron chi connectivity index (χ4n) is 1.81. The summed E-state index contributed by atoms with van der Waals surface area (Å²) < 4.78 is 0.959. The minimum atomic E-state index is 0.444. The maximum Gasteiger partial charge on any atom is 0.139 e. The summed E-state index contributed by atoms with van der Waals surface area (Å²) in [4.78, 5) is 4.40. The molecule has 0 saturated heterocycles. The molecule has 0 fully saturated rings. The Hall–Kier alpha value is -1.03. The van der Waals surface area contributed by atoms with Crippen molar-refractivity contribution in [2.75, 3.05) is 5.32 Å². The Labute approximate surface area is 123 Å². The molecule has 3 rings (SSSR count). The molecular formula is C13H7BrCl2N2. The van der Waals surface area contributed by atoms with Gasteiger partial charge in [0.05, 0.1) is 11.4 Å². The zero-order valence-corrected chi connectivity index (χ0v) is 12.1. The SMILES string of the molecule is ClC1=Nc2cc(Cl)ccc2Nc2ccc(Br)cc21. The molecule has 0 bridgehead atoms. The molecule has 0 atom stereocenters. The van der Waals surface area contributed by atoms with E-state index < -0.39 is 0 Å². The van der Waals surface area contributed by atoms with Crippen molar-refractivity contribution in [2.24, 2.45) is 4.99 Å². The van der Waals surface area contributed by atoms with Gasteiger partial charge in [0.15, 0.2) is 0 Å². The molecule has 1 aliphatic heterocycles. The van der Waals surface area contributed by atoms with Gasteiger partial charge in [-0.3, -0.25) is 0 Å². The van der Waals surface area contributed by atoms with Crippen LogP contribution in [0.1, 0.15) is 5.56 Å². The highest BCUT2D eigenvalue weighted by atomic mass is 79.9. The van der Waals surface area contributed by atoms with Crippen LogP contribution in [0, 0.1) is 0 Å². The number of hydrogen-bond donors (Lipinski definition) is 1. The highest BCUT2D eigenvalue weighted by Crippen LogP contribution is 2.37. The lowest BCUT2D eigenvalue weighted by Crippen LogP contribution is -1.96. The van der Waals surface area contributed by atoms with Crippen LogP contribution in [0.5, 0.6) is 0 Å². The summed E-state index contributed by atoms with van der Waals surface area (Å²) in [5.41, 5.74) is 3.41. The lowest BCUT2D eigenvalue weighted by atomic mass is 10.2. The molecule has 0 amide bonds. The van der Waals surface area contributed by atoms with E-state index in [4.69, 9.17) is 23.2 Å². The van der Waals surface area contributed by atoms with E-state index in [2.05, 4.69) is 26.2 Å². The number of aliphatic imine (C=N–C) groups is 1. The summed E-state index contributed by atoms with van der Waals surface area (Å²) in [7, 11) is 0. The normalized spacial score (nSPS) is 12.9. The van der Waals surface area contributed by atoms with Gasteiger partial charge in [-0.15, -0.1) is 0 Å². The maximum absolute atomic E-state index is 6.25. The van der Waals surface area contributed by atoms with Crippen molar-refractivity contribution < 1.29 is 0 Å². The fraction of sp³-hybridized carbons (Fsp3) is 0. The highest BCUT2D eigenvalue weighted by Gasteiger charge is 2.15. The first kappa shape index (κ1) is 12.0. The number of hydrogen-bond acceptors (Lipinski definition) is 2. The Kier molecular flexibility index (Phi) is 3.06. The van der Waals surface area contributed by atoms with Crippen molar-refractivity contribution >= 4 is 61.4 Å². The van der Waals surface area contributed by atoms with E-state index in [0.717, 1.165) is 27.1 Å². The van der Waals surface area contributed by atoms with E-state index in [1.807, 2.05) is 30.3 Å². The first-order valence-electron chi connectivity index (χ1n) is 5.24. The molecule has 0 radical (unpaired) electrons. The number of anilines is 2. The average molecular weight is 342 g/mol. The van der Waals surface area contributed by atoms with Gasteiger partial charge in [-0.2, -0.15) is 0 Å². The summed E-state index contributed by atoms with van der Waals surface area (Å²) in [6.45, 7) is 0. The molecule has 5 heteroatoms. The van der Waals surface area contributed by atoms with Gasteiger partial charge in [-0.1, -0.05) is 39.1 Å². The predicted octanol–water partition coefficient (Wildman–Crippen LogP) is 5.48. The Balaban J connectivity index is 2.23. The van der Waals surface area contributed by atoms with E-state index in [0.29, 0.717) is 10.2 Å². The van der Waals surface area contributed by atoms with E-state index >= 15 is 0 Å².